The van der Waals surface area contributed by atoms with Crippen molar-refractivity contribution in [3.63, 3.8) is 0 Å². The molecule has 0 saturated carbocycles. The number of hydrogen-bond donors (Lipinski definition) is 2. The zero-order valence-corrected chi connectivity index (χ0v) is 16.5. The Kier molecular flexibility index (Phi) is 6.51. The summed E-state index contributed by atoms with van der Waals surface area (Å²) in [6, 6.07) is 13.7. The standard InChI is InChI=1S/C20H22BrClN2O/c21-17-8-9-19(22)18(12-17)20(25)23-13-15-6-2-3-7-16(15)14-24-10-4-1-5-11-24/h2-3,6-9,12H,1,4-5,10-11,13-14H2,(H,23,25)/p+1. The first-order chi connectivity index (χ1) is 12.1. The van der Waals surface area contributed by atoms with Crippen molar-refractivity contribution in [2.75, 3.05) is 13.1 Å². The largest absolute Gasteiger partial charge is 0.348 e. The van der Waals surface area contributed by atoms with Crippen molar-refractivity contribution < 1.29 is 9.69 Å². The quantitative estimate of drug-likeness (QED) is 0.758. The van der Waals surface area contributed by atoms with Gasteiger partial charge in [0.15, 0.2) is 0 Å². The monoisotopic (exact) mass is 421 g/mol. The Morgan fingerprint density at radius 3 is 2.56 bits per heavy atom. The second-order valence-electron chi connectivity index (χ2n) is 6.56. The lowest BCUT2D eigenvalue weighted by molar-refractivity contribution is -0.918. The highest BCUT2D eigenvalue weighted by molar-refractivity contribution is 9.10. The number of benzene rings is 2. The van der Waals surface area contributed by atoms with Crippen LogP contribution in [0.25, 0.3) is 0 Å². The third-order valence-corrected chi connectivity index (χ3v) is 5.55. The smallest absolute Gasteiger partial charge is 0.253 e. The molecule has 5 heteroatoms. The van der Waals surface area contributed by atoms with Gasteiger partial charge in [-0.15, -0.1) is 0 Å². The van der Waals surface area contributed by atoms with E-state index in [2.05, 4.69) is 39.4 Å². The lowest BCUT2D eigenvalue weighted by atomic mass is 10.0. The molecule has 0 aromatic heterocycles. The first kappa shape index (κ1) is 18.4. The summed E-state index contributed by atoms with van der Waals surface area (Å²) in [5.74, 6) is -0.147. The second-order valence-corrected chi connectivity index (χ2v) is 7.89. The van der Waals surface area contributed by atoms with E-state index in [1.165, 1.54) is 43.5 Å². The molecule has 132 valence electrons. The van der Waals surface area contributed by atoms with E-state index in [-0.39, 0.29) is 5.91 Å². The normalized spacial score (nSPS) is 15.1. The molecule has 1 aliphatic rings. The van der Waals surface area contributed by atoms with Crippen molar-refractivity contribution in [1.82, 2.24) is 5.32 Å². The topological polar surface area (TPSA) is 33.5 Å². The van der Waals surface area contributed by atoms with Gasteiger partial charge in [0.1, 0.15) is 6.54 Å². The molecule has 2 aromatic carbocycles. The molecule has 3 rings (SSSR count). The molecule has 1 aliphatic heterocycles. The summed E-state index contributed by atoms with van der Waals surface area (Å²) in [6.45, 7) is 4.04. The highest BCUT2D eigenvalue weighted by Gasteiger charge is 2.16. The van der Waals surface area contributed by atoms with E-state index in [0.717, 1.165) is 11.0 Å². The van der Waals surface area contributed by atoms with Gasteiger partial charge in [-0.1, -0.05) is 51.8 Å². The molecule has 1 heterocycles. The highest BCUT2D eigenvalue weighted by atomic mass is 79.9. The van der Waals surface area contributed by atoms with Crippen LogP contribution in [0.1, 0.15) is 40.7 Å². The van der Waals surface area contributed by atoms with E-state index < -0.39 is 0 Å². The van der Waals surface area contributed by atoms with Crippen LogP contribution in [0.4, 0.5) is 0 Å². The molecular formula is C20H23BrClN2O+. The Hall–Kier alpha value is -1.36. The van der Waals surface area contributed by atoms with Crippen LogP contribution >= 0.6 is 27.5 Å². The van der Waals surface area contributed by atoms with Gasteiger partial charge in [-0.25, -0.2) is 0 Å². The number of carbonyl (C=O) groups is 1. The van der Waals surface area contributed by atoms with Gasteiger partial charge < -0.3 is 10.2 Å². The van der Waals surface area contributed by atoms with Crippen LogP contribution in [-0.2, 0) is 13.1 Å². The van der Waals surface area contributed by atoms with E-state index in [1.807, 2.05) is 12.1 Å². The Bertz CT molecular complexity index is 744. The van der Waals surface area contributed by atoms with E-state index in [9.17, 15) is 4.79 Å². The van der Waals surface area contributed by atoms with Gasteiger partial charge >= 0.3 is 0 Å². The van der Waals surface area contributed by atoms with E-state index in [1.54, 1.807) is 17.0 Å². The third-order valence-electron chi connectivity index (χ3n) is 4.73. The summed E-state index contributed by atoms with van der Waals surface area (Å²) in [6.07, 6.45) is 3.99. The Morgan fingerprint density at radius 1 is 1.08 bits per heavy atom. The molecule has 0 bridgehead atoms. The maximum absolute atomic E-state index is 12.5. The van der Waals surface area contributed by atoms with Gasteiger partial charge in [-0.05, 0) is 43.0 Å². The minimum atomic E-state index is -0.147. The van der Waals surface area contributed by atoms with E-state index >= 15 is 0 Å². The number of halogens is 2. The number of hydrogen-bond acceptors (Lipinski definition) is 1. The number of piperidine rings is 1. The Labute approximate surface area is 162 Å². The van der Waals surface area contributed by atoms with Crippen molar-refractivity contribution in [1.29, 1.82) is 0 Å². The average Bonchev–Trinajstić information content (AvgIpc) is 2.63. The van der Waals surface area contributed by atoms with Crippen LogP contribution in [-0.4, -0.2) is 19.0 Å². The minimum absolute atomic E-state index is 0.147. The third kappa shape index (κ3) is 5.06. The first-order valence-corrected chi connectivity index (χ1v) is 9.94. The molecule has 0 aliphatic carbocycles. The maximum Gasteiger partial charge on any atom is 0.253 e. The predicted molar refractivity (Wildman–Crippen MR) is 105 cm³/mol. The van der Waals surface area contributed by atoms with Gasteiger partial charge in [0.05, 0.1) is 23.7 Å². The summed E-state index contributed by atoms with van der Waals surface area (Å²) in [7, 11) is 0. The molecule has 0 spiro atoms. The molecule has 1 fully saturated rings. The van der Waals surface area contributed by atoms with Crippen molar-refractivity contribution in [3.8, 4) is 0 Å². The van der Waals surface area contributed by atoms with E-state index in [4.69, 9.17) is 11.6 Å². The van der Waals surface area contributed by atoms with Crippen molar-refractivity contribution in [3.05, 3.63) is 68.7 Å². The van der Waals surface area contributed by atoms with Crippen LogP contribution in [0.3, 0.4) is 0 Å². The fourth-order valence-electron chi connectivity index (χ4n) is 3.34. The second kappa shape index (κ2) is 8.84. The van der Waals surface area contributed by atoms with Crippen LogP contribution in [0.2, 0.25) is 5.02 Å². The Balaban J connectivity index is 1.66. The SMILES string of the molecule is O=C(NCc1ccccc1C[NH+]1CCCCC1)c1cc(Br)ccc1Cl. The lowest BCUT2D eigenvalue weighted by Crippen LogP contribution is -3.11. The van der Waals surface area contributed by atoms with Crippen LogP contribution < -0.4 is 10.2 Å². The molecule has 2 aromatic rings. The number of likely N-dealkylation sites (tertiary alicyclic amines) is 1. The molecule has 1 amide bonds. The molecule has 0 radical (unpaired) electrons. The van der Waals surface area contributed by atoms with E-state index in [0.29, 0.717) is 17.1 Å². The van der Waals surface area contributed by atoms with Crippen molar-refractivity contribution in [2.45, 2.75) is 32.4 Å². The summed E-state index contributed by atoms with van der Waals surface area (Å²) in [4.78, 5) is 14.1. The summed E-state index contributed by atoms with van der Waals surface area (Å²) >= 11 is 9.53. The number of amides is 1. The van der Waals surface area contributed by atoms with Gasteiger partial charge in [0.25, 0.3) is 5.91 Å². The zero-order chi connectivity index (χ0) is 17.6. The zero-order valence-electron chi connectivity index (χ0n) is 14.2. The summed E-state index contributed by atoms with van der Waals surface area (Å²) < 4.78 is 0.844. The fourth-order valence-corrected chi connectivity index (χ4v) is 3.91. The summed E-state index contributed by atoms with van der Waals surface area (Å²) in [5.41, 5.74) is 3.00. The number of carbonyl (C=O) groups excluding carboxylic acids is 1. The average molecular weight is 423 g/mol. The van der Waals surface area contributed by atoms with Gasteiger partial charge in [0.2, 0.25) is 0 Å². The Morgan fingerprint density at radius 2 is 1.80 bits per heavy atom. The lowest BCUT2D eigenvalue weighted by Gasteiger charge is -2.24. The number of nitrogens with one attached hydrogen (secondary N) is 2. The van der Waals surface area contributed by atoms with Gasteiger partial charge in [-0.3, -0.25) is 4.79 Å². The minimum Gasteiger partial charge on any atom is -0.348 e. The molecular weight excluding hydrogens is 400 g/mol. The molecule has 0 atom stereocenters. The molecule has 0 unspecified atom stereocenters. The molecule has 25 heavy (non-hydrogen) atoms. The molecule has 2 N–H and O–H groups in total. The predicted octanol–water partition coefficient (Wildman–Crippen LogP) is 3.60. The van der Waals surface area contributed by atoms with Crippen LogP contribution in [0.5, 0.6) is 0 Å². The molecule has 3 nitrogen and oxygen atoms in total. The maximum atomic E-state index is 12.5. The number of rotatable bonds is 5. The molecule has 1 saturated heterocycles. The van der Waals surface area contributed by atoms with Crippen molar-refractivity contribution >= 4 is 33.4 Å². The summed E-state index contributed by atoms with van der Waals surface area (Å²) in [5, 5.41) is 3.47. The van der Waals surface area contributed by atoms with Crippen molar-refractivity contribution in [2.24, 2.45) is 0 Å². The number of quaternary nitrogens is 1. The first-order valence-electron chi connectivity index (χ1n) is 8.77. The van der Waals surface area contributed by atoms with Crippen LogP contribution in [0, 0.1) is 0 Å². The van der Waals surface area contributed by atoms with Crippen LogP contribution in [0.15, 0.2) is 46.9 Å². The van der Waals surface area contributed by atoms with Gasteiger partial charge in [-0.2, -0.15) is 0 Å². The van der Waals surface area contributed by atoms with Gasteiger partial charge in [0, 0.05) is 16.6 Å². The fraction of sp³-hybridized carbons (Fsp3) is 0.350. The highest BCUT2D eigenvalue weighted by Crippen LogP contribution is 2.21.